The Hall–Kier alpha value is -3.68. The number of carbonyl (C=O) groups is 1. The minimum atomic E-state index is -3.85. The van der Waals surface area contributed by atoms with Crippen LogP contribution < -0.4 is 0 Å². The smallest absolute Gasteiger partial charge is 0.307 e. The van der Waals surface area contributed by atoms with E-state index in [0.717, 1.165) is 28.0 Å². The van der Waals surface area contributed by atoms with Gasteiger partial charge in [0.05, 0.1) is 22.0 Å². The van der Waals surface area contributed by atoms with Crippen LogP contribution in [0.15, 0.2) is 99.3 Å². The molecule has 6 nitrogen and oxygen atoms in total. The molecule has 1 aliphatic carbocycles. The molecule has 5 rings (SSSR count). The molecule has 0 radical (unpaired) electrons. The van der Waals surface area contributed by atoms with Gasteiger partial charge >= 0.3 is 5.97 Å². The Kier molecular flexibility index (Phi) is 7.23. The molecule has 1 N–H and O–H groups in total. The fourth-order valence-electron chi connectivity index (χ4n) is 5.15. The van der Waals surface area contributed by atoms with Crippen LogP contribution >= 0.6 is 0 Å². The molecule has 0 unspecified atom stereocenters. The summed E-state index contributed by atoms with van der Waals surface area (Å²) in [6.07, 6.45) is 2.24. The van der Waals surface area contributed by atoms with Crippen molar-refractivity contribution >= 4 is 15.8 Å². The predicted octanol–water partition coefficient (Wildman–Crippen LogP) is 5.99. The van der Waals surface area contributed by atoms with E-state index in [-0.39, 0.29) is 22.3 Å². The second-order valence-corrected chi connectivity index (χ2v) is 12.0. The lowest BCUT2D eigenvalue weighted by Gasteiger charge is -2.27. The summed E-state index contributed by atoms with van der Waals surface area (Å²) in [6, 6.07) is 24.5. The summed E-state index contributed by atoms with van der Waals surface area (Å²) in [7, 11) is -3.85. The first-order valence-corrected chi connectivity index (χ1v) is 14.3. The van der Waals surface area contributed by atoms with Gasteiger partial charge in [-0.3, -0.25) is 9.69 Å². The van der Waals surface area contributed by atoms with Crippen LogP contribution in [0.4, 0.5) is 0 Å². The average molecular weight is 530 g/mol. The highest BCUT2D eigenvalue weighted by atomic mass is 32.2. The molecule has 0 bridgehead atoms. The van der Waals surface area contributed by atoms with Crippen LogP contribution in [-0.2, 0) is 40.6 Å². The van der Waals surface area contributed by atoms with E-state index in [1.165, 1.54) is 0 Å². The molecule has 0 saturated heterocycles. The van der Waals surface area contributed by atoms with E-state index in [1.54, 1.807) is 30.5 Å². The second-order valence-electron chi connectivity index (χ2n) is 10.1. The lowest BCUT2D eigenvalue weighted by Crippen LogP contribution is -2.30. The number of furan rings is 1. The normalized spacial score (nSPS) is 15.2. The SMILES string of the molecule is CC(C)N(Cc1ccc(-c2ccco2)cc1)Cc1ccccc1S(=O)(=O)c1cccc2c1C[C@@H](C(=O)O)C2. The number of carboxylic acid groups (broad SMARTS) is 1. The van der Waals surface area contributed by atoms with Gasteiger partial charge in [0.15, 0.2) is 0 Å². The van der Waals surface area contributed by atoms with Crippen molar-refractivity contribution < 1.29 is 22.7 Å². The van der Waals surface area contributed by atoms with Gasteiger partial charge in [0.2, 0.25) is 9.84 Å². The first-order valence-electron chi connectivity index (χ1n) is 12.8. The molecule has 38 heavy (non-hydrogen) atoms. The average Bonchev–Trinajstić information content (AvgIpc) is 3.59. The summed E-state index contributed by atoms with van der Waals surface area (Å²) in [5, 5.41) is 9.52. The van der Waals surface area contributed by atoms with Gasteiger partial charge in [0.25, 0.3) is 0 Å². The van der Waals surface area contributed by atoms with E-state index in [4.69, 9.17) is 4.42 Å². The van der Waals surface area contributed by atoms with Crippen LogP contribution in [0.1, 0.15) is 36.1 Å². The molecule has 7 heteroatoms. The Balaban J connectivity index is 1.42. The summed E-state index contributed by atoms with van der Waals surface area (Å²) >= 11 is 0. The number of rotatable bonds is 9. The maximum Gasteiger partial charge on any atom is 0.307 e. The maximum absolute atomic E-state index is 14.0. The Morgan fingerprint density at radius 3 is 2.34 bits per heavy atom. The lowest BCUT2D eigenvalue weighted by atomic mass is 10.1. The monoisotopic (exact) mass is 529 g/mol. The van der Waals surface area contributed by atoms with Crippen molar-refractivity contribution in [2.24, 2.45) is 5.92 Å². The van der Waals surface area contributed by atoms with E-state index in [9.17, 15) is 18.3 Å². The lowest BCUT2D eigenvalue weighted by molar-refractivity contribution is -0.141. The molecule has 0 saturated carbocycles. The molecule has 1 aromatic heterocycles. The number of hydrogen-bond acceptors (Lipinski definition) is 5. The van der Waals surface area contributed by atoms with Crippen molar-refractivity contribution in [1.29, 1.82) is 0 Å². The highest BCUT2D eigenvalue weighted by molar-refractivity contribution is 7.91. The fraction of sp³-hybridized carbons (Fsp3) is 0.258. The van der Waals surface area contributed by atoms with Crippen molar-refractivity contribution in [2.75, 3.05) is 0 Å². The molecule has 1 atom stereocenters. The highest BCUT2D eigenvalue weighted by Gasteiger charge is 2.33. The molecule has 1 heterocycles. The van der Waals surface area contributed by atoms with Gasteiger partial charge < -0.3 is 9.52 Å². The number of hydrogen-bond donors (Lipinski definition) is 1. The zero-order valence-electron chi connectivity index (χ0n) is 21.5. The largest absolute Gasteiger partial charge is 0.481 e. The molecule has 1 aliphatic rings. The fourth-order valence-corrected chi connectivity index (χ4v) is 6.92. The van der Waals surface area contributed by atoms with Crippen molar-refractivity contribution in [3.05, 3.63) is 107 Å². The van der Waals surface area contributed by atoms with Gasteiger partial charge in [-0.1, -0.05) is 54.6 Å². The number of sulfone groups is 1. The summed E-state index contributed by atoms with van der Waals surface area (Å²) < 4.78 is 33.4. The predicted molar refractivity (Wildman–Crippen MR) is 145 cm³/mol. The van der Waals surface area contributed by atoms with E-state index in [2.05, 4.69) is 30.9 Å². The number of benzene rings is 3. The van der Waals surface area contributed by atoms with Crippen LogP contribution in [0.5, 0.6) is 0 Å². The summed E-state index contributed by atoms with van der Waals surface area (Å²) in [5.41, 5.74) is 4.28. The molecule has 0 amide bonds. The van der Waals surface area contributed by atoms with Crippen LogP contribution in [-0.4, -0.2) is 30.4 Å². The Morgan fingerprint density at radius 2 is 1.66 bits per heavy atom. The van der Waals surface area contributed by atoms with Crippen molar-refractivity contribution in [3.8, 4) is 11.3 Å². The second kappa shape index (κ2) is 10.6. The molecule has 0 spiro atoms. The van der Waals surface area contributed by atoms with Crippen molar-refractivity contribution in [1.82, 2.24) is 4.90 Å². The molecule has 196 valence electrons. The molecule has 4 aromatic rings. The van der Waals surface area contributed by atoms with Crippen molar-refractivity contribution in [2.45, 2.75) is 55.6 Å². The highest BCUT2D eigenvalue weighted by Crippen LogP contribution is 2.36. The topological polar surface area (TPSA) is 87.8 Å². The number of aliphatic carboxylic acids is 1. The Labute approximate surface area is 223 Å². The van der Waals surface area contributed by atoms with Gasteiger partial charge in [-0.25, -0.2) is 8.42 Å². The van der Waals surface area contributed by atoms with E-state index in [0.29, 0.717) is 25.1 Å². The Morgan fingerprint density at radius 1 is 0.921 bits per heavy atom. The first kappa shape index (κ1) is 25.9. The molecule has 0 aliphatic heterocycles. The third-order valence-electron chi connectivity index (χ3n) is 7.30. The van der Waals surface area contributed by atoms with Gasteiger partial charge in [-0.15, -0.1) is 0 Å². The maximum atomic E-state index is 14.0. The Bertz CT molecular complexity index is 1540. The van der Waals surface area contributed by atoms with Gasteiger partial charge in [-0.05, 0) is 73.2 Å². The quantitative estimate of drug-likeness (QED) is 0.287. The minimum Gasteiger partial charge on any atom is -0.481 e. The molecule has 3 aromatic carbocycles. The van der Waals surface area contributed by atoms with Crippen molar-refractivity contribution in [3.63, 3.8) is 0 Å². The number of fused-ring (bicyclic) bond motifs is 1. The van der Waals surface area contributed by atoms with Crippen LogP contribution in [0, 0.1) is 5.92 Å². The van der Waals surface area contributed by atoms with Crippen LogP contribution in [0.25, 0.3) is 11.3 Å². The molecule has 0 fully saturated rings. The van der Waals surface area contributed by atoms with Crippen LogP contribution in [0.3, 0.4) is 0 Å². The summed E-state index contributed by atoms with van der Waals surface area (Å²) in [5.74, 6) is -0.666. The van der Waals surface area contributed by atoms with E-state index >= 15 is 0 Å². The third kappa shape index (κ3) is 5.17. The van der Waals surface area contributed by atoms with Crippen LogP contribution in [0.2, 0.25) is 0 Å². The summed E-state index contributed by atoms with van der Waals surface area (Å²) in [6.45, 7) is 5.32. The van der Waals surface area contributed by atoms with E-state index < -0.39 is 21.7 Å². The first-order chi connectivity index (χ1) is 18.2. The standard InChI is InChI=1S/C31H31NO5S/c1-21(2)32(19-22-12-14-23(15-13-22)28-9-6-16-37-28)20-25-7-3-4-10-29(25)38(35,36)30-11-5-8-24-17-26(31(33)34)18-27(24)30/h3-16,21,26H,17-20H2,1-2H3,(H,33,34)/t26-/m0/s1. The van der Waals surface area contributed by atoms with E-state index in [1.807, 2.05) is 42.5 Å². The summed E-state index contributed by atoms with van der Waals surface area (Å²) in [4.78, 5) is 14.3. The van der Waals surface area contributed by atoms with Gasteiger partial charge in [0.1, 0.15) is 5.76 Å². The number of nitrogens with zero attached hydrogens (tertiary/aromatic N) is 1. The molecular weight excluding hydrogens is 498 g/mol. The zero-order valence-corrected chi connectivity index (χ0v) is 22.3. The molecular formula is C31H31NO5S. The minimum absolute atomic E-state index is 0.174. The number of carboxylic acids is 1. The zero-order chi connectivity index (χ0) is 26.9. The van der Waals surface area contributed by atoms with Gasteiger partial charge in [0, 0.05) is 24.7 Å². The van der Waals surface area contributed by atoms with Gasteiger partial charge in [-0.2, -0.15) is 0 Å². The third-order valence-corrected chi connectivity index (χ3v) is 9.24.